The smallest absolute Gasteiger partial charge is 0.337 e. The molecule has 1 aromatic rings. The van der Waals surface area contributed by atoms with Crippen LogP contribution in [0.1, 0.15) is 30.1 Å². The van der Waals surface area contributed by atoms with Crippen LogP contribution in [-0.2, 0) is 4.74 Å². The number of carbonyl (C=O) groups is 1. The van der Waals surface area contributed by atoms with Crippen LogP contribution in [0.25, 0.3) is 0 Å². The maximum Gasteiger partial charge on any atom is 0.337 e. The van der Waals surface area contributed by atoms with E-state index in [1.54, 1.807) is 18.2 Å². The van der Waals surface area contributed by atoms with Crippen LogP contribution in [0.3, 0.4) is 0 Å². The minimum absolute atomic E-state index is 0.369. The molecule has 0 unspecified atom stereocenters. The first-order valence-corrected chi connectivity index (χ1v) is 5.40. The van der Waals surface area contributed by atoms with Gasteiger partial charge in [0.2, 0.25) is 0 Å². The van der Waals surface area contributed by atoms with Crippen molar-refractivity contribution in [2.75, 3.05) is 24.7 Å². The Hall–Kier alpha value is -1.71. The van der Waals surface area contributed by atoms with E-state index in [2.05, 4.69) is 17.0 Å². The Bertz CT molecular complexity index is 364. The summed E-state index contributed by atoms with van der Waals surface area (Å²) < 4.78 is 4.61. The number of nitrogens with one attached hydrogen (secondary N) is 1. The van der Waals surface area contributed by atoms with Gasteiger partial charge in [-0.25, -0.2) is 4.79 Å². The van der Waals surface area contributed by atoms with Gasteiger partial charge in [0.25, 0.3) is 0 Å². The molecule has 3 N–H and O–H groups in total. The van der Waals surface area contributed by atoms with Crippen molar-refractivity contribution in [2.45, 2.75) is 19.8 Å². The van der Waals surface area contributed by atoms with Gasteiger partial charge in [-0.2, -0.15) is 0 Å². The molecule has 0 saturated heterocycles. The zero-order valence-electron chi connectivity index (χ0n) is 9.75. The van der Waals surface area contributed by atoms with Gasteiger partial charge in [-0.1, -0.05) is 13.3 Å². The highest BCUT2D eigenvalue weighted by Gasteiger charge is 2.07. The second-order valence-corrected chi connectivity index (χ2v) is 3.57. The zero-order valence-corrected chi connectivity index (χ0v) is 9.75. The van der Waals surface area contributed by atoms with Crippen molar-refractivity contribution in [1.29, 1.82) is 0 Å². The molecule has 0 aliphatic heterocycles. The molecule has 88 valence electrons. The fourth-order valence-electron chi connectivity index (χ4n) is 1.37. The van der Waals surface area contributed by atoms with E-state index in [0.29, 0.717) is 11.3 Å². The third kappa shape index (κ3) is 3.15. The molecule has 0 saturated carbocycles. The first-order valence-electron chi connectivity index (χ1n) is 5.40. The molecule has 16 heavy (non-hydrogen) atoms. The van der Waals surface area contributed by atoms with Crippen LogP contribution < -0.4 is 11.1 Å². The Labute approximate surface area is 95.8 Å². The van der Waals surface area contributed by atoms with Gasteiger partial charge in [0, 0.05) is 6.54 Å². The van der Waals surface area contributed by atoms with Crippen LogP contribution in [0.5, 0.6) is 0 Å². The lowest BCUT2D eigenvalue weighted by Crippen LogP contribution is -2.06. The normalized spacial score (nSPS) is 9.88. The molecule has 0 aromatic heterocycles. The molecular weight excluding hydrogens is 204 g/mol. The average Bonchev–Trinajstić information content (AvgIpc) is 2.30. The summed E-state index contributed by atoms with van der Waals surface area (Å²) in [6.07, 6.45) is 2.23. The van der Waals surface area contributed by atoms with Crippen molar-refractivity contribution in [3.8, 4) is 0 Å². The molecule has 0 atom stereocenters. The largest absolute Gasteiger partial charge is 0.465 e. The SMILES string of the molecule is CCCCNc1ccc(C(=O)OC)cc1N. The number of ether oxygens (including phenoxy) is 1. The van der Waals surface area contributed by atoms with E-state index in [1.807, 2.05) is 0 Å². The van der Waals surface area contributed by atoms with Crippen molar-refractivity contribution in [3.05, 3.63) is 23.8 Å². The molecule has 1 aromatic carbocycles. The first kappa shape index (κ1) is 12.4. The van der Waals surface area contributed by atoms with Crippen LogP contribution >= 0.6 is 0 Å². The van der Waals surface area contributed by atoms with Gasteiger partial charge in [0.1, 0.15) is 0 Å². The quantitative estimate of drug-likeness (QED) is 0.455. The number of nitrogens with two attached hydrogens (primary N) is 1. The van der Waals surface area contributed by atoms with Gasteiger partial charge < -0.3 is 15.8 Å². The third-order valence-corrected chi connectivity index (χ3v) is 2.32. The van der Waals surface area contributed by atoms with Crippen molar-refractivity contribution in [3.63, 3.8) is 0 Å². The number of unbranched alkanes of at least 4 members (excludes halogenated alkanes) is 1. The van der Waals surface area contributed by atoms with Crippen molar-refractivity contribution in [2.24, 2.45) is 0 Å². The molecule has 0 heterocycles. The van der Waals surface area contributed by atoms with E-state index in [0.717, 1.165) is 25.1 Å². The third-order valence-electron chi connectivity index (χ3n) is 2.32. The summed E-state index contributed by atoms with van der Waals surface area (Å²) in [7, 11) is 1.35. The summed E-state index contributed by atoms with van der Waals surface area (Å²) in [5.41, 5.74) is 7.73. The van der Waals surface area contributed by atoms with Gasteiger partial charge in [-0.05, 0) is 24.6 Å². The predicted molar refractivity (Wildman–Crippen MR) is 65.6 cm³/mol. The number of carbonyl (C=O) groups excluding carboxylic acids is 1. The van der Waals surface area contributed by atoms with E-state index >= 15 is 0 Å². The molecular formula is C12H18N2O2. The van der Waals surface area contributed by atoms with E-state index < -0.39 is 0 Å². The molecule has 0 bridgehead atoms. The first-order chi connectivity index (χ1) is 7.69. The number of methoxy groups -OCH3 is 1. The van der Waals surface area contributed by atoms with Crippen molar-refractivity contribution >= 4 is 17.3 Å². The van der Waals surface area contributed by atoms with Crippen LogP contribution in [0.4, 0.5) is 11.4 Å². The maximum absolute atomic E-state index is 11.2. The Morgan fingerprint density at radius 2 is 2.25 bits per heavy atom. The van der Waals surface area contributed by atoms with Gasteiger partial charge in [-0.15, -0.1) is 0 Å². The maximum atomic E-state index is 11.2. The summed E-state index contributed by atoms with van der Waals surface area (Å²) in [5.74, 6) is -0.369. The lowest BCUT2D eigenvalue weighted by molar-refractivity contribution is 0.0601. The minimum Gasteiger partial charge on any atom is -0.465 e. The Morgan fingerprint density at radius 3 is 2.81 bits per heavy atom. The standard InChI is InChI=1S/C12H18N2O2/c1-3-4-7-14-11-6-5-9(8-10(11)13)12(15)16-2/h5-6,8,14H,3-4,7,13H2,1-2H3. The van der Waals surface area contributed by atoms with Crippen LogP contribution in [0.15, 0.2) is 18.2 Å². The van der Waals surface area contributed by atoms with E-state index in [9.17, 15) is 4.79 Å². The Kier molecular flexibility index (Phi) is 4.64. The Morgan fingerprint density at radius 1 is 1.50 bits per heavy atom. The number of nitrogen functional groups attached to an aromatic ring is 1. The van der Waals surface area contributed by atoms with Gasteiger partial charge in [-0.3, -0.25) is 0 Å². The van der Waals surface area contributed by atoms with Crippen LogP contribution in [0.2, 0.25) is 0 Å². The molecule has 0 spiro atoms. The number of anilines is 2. The van der Waals surface area contributed by atoms with Crippen LogP contribution in [-0.4, -0.2) is 19.6 Å². The highest BCUT2D eigenvalue weighted by Crippen LogP contribution is 2.20. The van der Waals surface area contributed by atoms with Crippen molar-refractivity contribution in [1.82, 2.24) is 0 Å². The number of benzene rings is 1. The molecule has 4 heteroatoms. The highest BCUT2D eigenvalue weighted by molar-refractivity contribution is 5.91. The zero-order chi connectivity index (χ0) is 12.0. The van der Waals surface area contributed by atoms with Gasteiger partial charge in [0.15, 0.2) is 0 Å². The van der Waals surface area contributed by atoms with Crippen molar-refractivity contribution < 1.29 is 9.53 Å². The van der Waals surface area contributed by atoms with E-state index in [-0.39, 0.29) is 5.97 Å². The second kappa shape index (κ2) is 6.00. The van der Waals surface area contributed by atoms with E-state index in [1.165, 1.54) is 7.11 Å². The lowest BCUT2D eigenvalue weighted by atomic mass is 10.1. The average molecular weight is 222 g/mol. The number of hydrogen-bond acceptors (Lipinski definition) is 4. The summed E-state index contributed by atoms with van der Waals surface area (Å²) in [5, 5.41) is 3.22. The Balaban J connectivity index is 2.71. The molecule has 0 fully saturated rings. The highest BCUT2D eigenvalue weighted by atomic mass is 16.5. The number of hydrogen-bond donors (Lipinski definition) is 2. The molecule has 1 rings (SSSR count). The summed E-state index contributed by atoms with van der Waals surface area (Å²) in [6, 6.07) is 5.13. The second-order valence-electron chi connectivity index (χ2n) is 3.57. The molecule has 4 nitrogen and oxygen atoms in total. The lowest BCUT2D eigenvalue weighted by Gasteiger charge is -2.09. The number of esters is 1. The topological polar surface area (TPSA) is 64.3 Å². The van der Waals surface area contributed by atoms with Gasteiger partial charge >= 0.3 is 5.97 Å². The van der Waals surface area contributed by atoms with Gasteiger partial charge in [0.05, 0.1) is 24.0 Å². The molecule has 0 radical (unpaired) electrons. The van der Waals surface area contributed by atoms with Crippen LogP contribution in [0, 0.1) is 0 Å². The predicted octanol–water partition coefficient (Wildman–Crippen LogP) is 2.27. The molecule has 0 aliphatic rings. The summed E-state index contributed by atoms with van der Waals surface area (Å²) in [6.45, 7) is 3.02. The minimum atomic E-state index is -0.369. The number of rotatable bonds is 5. The van der Waals surface area contributed by atoms with E-state index in [4.69, 9.17) is 5.73 Å². The fourth-order valence-corrected chi connectivity index (χ4v) is 1.37. The fraction of sp³-hybridized carbons (Fsp3) is 0.417. The summed E-state index contributed by atoms with van der Waals surface area (Å²) in [4.78, 5) is 11.2. The monoisotopic (exact) mass is 222 g/mol. The molecule has 0 aliphatic carbocycles. The molecule has 0 amide bonds. The summed E-state index contributed by atoms with van der Waals surface area (Å²) >= 11 is 0.